The molecule has 0 radical (unpaired) electrons. The average Bonchev–Trinajstić information content (AvgIpc) is 2.91. The number of nitrogens with zero attached hydrogens (tertiary/aromatic N) is 2. The average molecular weight is 308 g/mol. The summed E-state index contributed by atoms with van der Waals surface area (Å²) in [5.41, 5.74) is 2.25. The van der Waals surface area contributed by atoms with Crippen LogP contribution in [-0.2, 0) is 6.42 Å². The molecule has 0 spiro atoms. The number of rotatable bonds is 2. The molecule has 0 aliphatic heterocycles. The van der Waals surface area contributed by atoms with Gasteiger partial charge in [-0.15, -0.1) is 0 Å². The summed E-state index contributed by atoms with van der Waals surface area (Å²) < 4.78 is 7.15. The molecule has 0 saturated heterocycles. The Balaban J connectivity index is 2.20. The molecule has 0 aliphatic rings. The molecule has 6 nitrogen and oxygen atoms in total. The topological polar surface area (TPSA) is 84.8 Å². The first-order chi connectivity index (χ1) is 11.1. The summed E-state index contributed by atoms with van der Waals surface area (Å²) in [5, 5.41) is 9.61. The third kappa shape index (κ3) is 1.85. The van der Waals surface area contributed by atoms with Gasteiger partial charge >= 0.3 is 11.8 Å². The van der Waals surface area contributed by atoms with E-state index in [9.17, 15) is 9.59 Å². The number of hydrogen-bond donors (Lipinski definition) is 1. The second-order valence-corrected chi connectivity index (χ2v) is 5.29. The molecule has 4 aromatic rings. The normalized spacial score (nSPS) is 11.5. The van der Waals surface area contributed by atoms with Gasteiger partial charge in [0.1, 0.15) is 5.58 Å². The van der Waals surface area contributed by atoms with Crippen molar-refractivity contribution in [2.75, 3.05) is 0 Å². The molecular formula is C17H12N2O4. The van der Waals surface area contributed by atoms with Crippen LogP contribution in [0.2, 0.25) is 0 Å². The van der Waals surface area contributed by atoms with Crippen molar-refractivity contribution < 1.29 is 14.3 Å². The molecular weight excluding hydrogens is 296 g/mol. The summed E-state index contributed by atoms with van der Waals surface area (Å²) in [4.78, 5) is 28.2. The van der Waals surface area contributed by atoms with Gasteiger partial charge in [-0.3, -0.25) is 4.79 Å². The van der Waals surface area contributed by atoms with E-state index in [0.29, 0.717) is 28.4 Å². The van der Waals surface area contributed by atoms with Crippen LogP contribution in [0.3, 0.4) is 0 Å². The molecule has 0 bridgehead atoms. The Bertz CT molecular complexity index is 1150. The molecule has 0 amide bonds. The fourth-order valence-electron chi connectivity index (χ4n) is 2.87. The van der Waals surface area contributed by atoms with Crippen LogP contribution in [0.4, 0.5) is 0 Å². The first-order valence-corrected chi connectivity index (χ1v) is 7.20. The summed E-state index contributed by atoms with van der Waals surface area (Å²) in [5.74, 6) is -0.880. The van der Waals surface area contributed by atoms with Gasteiger partial charge in [-0.05, 0) is 36.2 Å². The molecule has 23 heavy (non-hydrogen) atoms. The molecule has 0 saturated carbocycles. The fourth-order valence-corrected chi connectivity index (χ4v) is 2.87. The van der Waals surface area contributed by atoms with Crippen molar-refractivity contribution in [3.05, 3.63) is 57.9 Å². The number of fused-ring (bicyclic) bond motifs is 4. The number of carboxylic acids is 1. The maximum absolute atomic E-state index is 12.9. The lowest BCUT2D eigenvalue weighted by atomic mass is 10.1. The van der Waals surface area contributed by atoms with E-state index >= 15 is 0 Å². The van der Waals surface area contributed by atoms with Crippen LogP contribution in [-0.4, -0.2) is 20.5 Å². The van der Waals surface area contributed by atoms with Gasteiger partial charge in [-0.25, -0.2) is 9.20 Å². The van der Waals surface area contributed by atoms with Crippen LogP contribution in [0, 0.1) is 0 Å². The van der Waals surface area contributed by atoms with Crippen LogP contribution in [0.5, 0.6) is 0 Å². The number of carbonyl (C=O) groups is 1. The van der Waals surface area contributed by atoms with E-state index in [1.54, 1.807) is 12.1 Å². The van der Waals surface area contributed by atoms with Gasteiger partial charge < -0.3 is 9.52 Å². The third-order valence-corrected chi connectivity index (χ3v) is 3.98. The summed E-state index contributed by atoms with van der Waals surface area (Å²) in [6.07, 6.45) is 0.712. The van der Waals surface area contributed by atoms with E-state index in [4.69, 9.17) is 9.52 Å². The predicted molar refractivity (Wildman–Crippen MR) is 85.1 cm³/mol. The van der Waals surface area contributed by atoms with E-state index in [2.05, 4.69) is 4.98 Å². The number of aromatic nitrogens is 2. The quantitative estimate of drug-likeness (QED) is 0.615. The van der Waals surface area contributed by atoms with Crippen LogP contribution in [0.15, 0.2) is 45.6 Å². The van der Waals surface area contributed by atoms with E-state index in [1.807, 2.05) is 19.1 Å². The van der Waals surface area contributed by atoms with Gasteiger partial charge in [0, 0.05) is 0 Å². The predicted octanol–water partition coefficient (Wildman–Crippen LogP) is 2.85. The smallest absolute Gasteiger partial charge is 0.335 e. The molecule has 0 unspecified atom stereocenters. The van der Waals surface area contributed by atoms with Crippen molar-refractivity contribution in [1.82, 2.24) is 9.38 Å². The van der Waals surface area contributed by atoms with E-state index in [1.165, 1.54) is 16.5 Å². The van der Waals surface area contributed by atoms with Crippen molar-refractivity contribution in [2.45, 2.75) is 13.3 Å². The SMILES string of the molecule is CCc1cccc2oc3nc4cc(C(=O)O)ccc4n3c(=O)c12. The van der Waals surface area contributed by atoms with Crippen LogP contribution in [0.25, 0.3) is 27.8 Å². The lowest BCUT2D eigenvalue weighted by molar-refractivity contribution is 0.0697. The van der Waals surface area contributed by atoms with Crippen LogP contribution < -0.4 is 5.56 Å². The third-order valence-electron chi connectivity index (χ3n) is 3.98. The highest BCUT2D eigenvalue weighted by atomic mass is 16.4. The minimum atomic E-state index is -1.04. The lowest BCUT2D eigenvalue weighted by Crippen LogP contribution is -2.14. The lowest BCUT2D eigenvalue weighted by Gasteiger charge is -2.03. The Kier molecular flexibility index (Phi) is 2.74. The zero-order valence-corrected chi connectivity index (χ0v) is 12.2. The fraction of sp³-hybridized carbons (Fsp3) is 0.118. The van der Waals surface area contributed by atoms with Gasteiger partial charge in [0.05, 0.1) is 22.0 Å². The first-order valence-electron chi connectivity index (χ1n) is 7.20. The Hall–Kier alpha value is -3.15. The molecule has 1 N–H and O–H groups in total. The molecule has 4 rings (SSSR count). The minimum Gasteiger partial charge on any atom is -0.478 e. The van der Waals surface area contributed by atoms with Crippen molar-refractivity contribution in [2.24, 2.45) is 0 Å². The van der Waals surface area contributed by atoms with Crippen molar-refractivity contribution >= 4 is 33.8 Å². The van der Waals surface area contributed by atoms with Crippen LogP contribution in [0.1, 0.15) is 22.8 Å². The molecule has 0 atom stereocenters. The van der Waals surface area contributed by atoms with Crippen molar-refractivity contribution in [1.29, 1.82) is 0 Å². The largest absolute Gasteiger partial charge is 0.478 e. The highest BCUT2D eigenvalue weighted by Crippen LogP contribution is 2.22. The molecule has 6 heteroatoms. The Morgan fingerprint density at radius 3 is 2.87 bits per heavy atom. The molecule has 2 aromatic carbocycles. The van der Waals surface area contributed by atoms with E-state index in [0.717, 1.165) is 5.56 Å². The number of aromatic carboxylic acids is 1. The van der Waals surface area contributed by atoms with Crippen molar-refractivity contribution in [3.8, 4) is 0 Å². The first kappa shape index (κ1) is 13.5. The van der Waals surface area contributed by atoms with E-state index < -0.39 is 5.97 Å². The van der Waals surface area contributed by atoms with Gasteiger partial charge in [0.2, 0.25) is 0 Å². The Morgan fingerprint density at radius 2 is 2.13 bits per heavy atom. The standard InChI is InChI=1S/C17H12N2O4/c1-2-9-4-3-5-13-14(9)15(20)19-12-7-6-10(16(21)22)8-11(12)18-17(19)23-13/h3-8H,2H2,1H3,(H,21,22). The minimum absolute atomic E-state index is 0.118. The molecule has 0 fully saturated rings. The summed E-state index contributed by atoms with van der Waals surface area (Å²) >= 11 is 0. The molecule has 114 valence electrons. The number of carboxylic acid groups (broad SMARTS) is 1. The maximum Gasteiger partial charge on any atom is 0.335 e. The Labute approximate surface area is 129 Å². The summed E-state index contributed by atoms with van der Waals surface area (Å²) in [7, 11) is 0. The van der Waals surface area contributed by atoms with Crippen molar-refractivity contribution in [3.63, 3.8) is 0 Å². The number of hydrogen-bond acceptors (Lipinski definition) is 4. The van der Waals surface area contributed by atoms with Crippen LogP contribution >= 0.6 is 0 Å². The van der Waals surface area contributed by atoms with Gasteiger partial charge in [-0.2, -0.15) is 4.98 Å². The molecule has 0 aliphatic carbocycles. The highest BCUT2D eigenvalue weighted by Gasteiger charge is 2.16. The van der Waals surface area contributed by atoms with E-state index in [-0.39, 0.29) is 17.0 Å². The maximum atomic E-state index is 12.9. The second-order valence-electron chi connectivity index (χ2n) is 5.29. The van der Waals surface area contributed by atoms with Gasteiger partial charge in [0.15, 0.2) is 0 Å². The monoisotopic (exact) mass is 308 g/mol. The van der Waals surface area contributed by atoms with Gasteiger partial charge in [-0.1, -0.05) is 19.1 Å². The zero-order valence-electron chi connectivity index (χ0n) is 12.2. The highest BCUT2D eigenvalue weighted by molar-refractivity contribution is 5.93. The number of imidazole rings is 1. The zero-order chi connectivity index (χ0) is 16.1. The summed E-state index contributed by atoms with van der Waals surface area (Å²) in [6, 6.07) is 9.94. The summed E-state index contributed by atoms with van der Waals surface area (Å²) in [6.45, 7) is 1.98. The second kappa shape index (κ2) is 4.67. The Morgan fingerprint density at radius 1 is 1.30 bits per heavy atom. The molecule has 2 heterocycles. The number of aryl methyl sites for hydroxylation is 1. The number of benzene rings is 2. The van der Waals surface area contributed by atoms with Gasteiger partial charge in [0.25, 0.3) is 5.56 Å². The molecule has 2 aromatic heterocycles.